The van der Waals surface area contributed by atoms with Gasteiger partial charge in [0, 0.05) is 48.9 Å². The normalized spacial score (nSPS) is 14.7. The van der Waals surface area contributed by atoms with Crippen LogP contribution in [0.4, 0.5) is 5.82 Å². The van der Waals surface area contributed by atoms with Crippen molar-refractivity contribution >= 4 is 28.7 Å². The zero-order valence-electron chi connectivity index (χ0n) is 20.1. The summed E-state index contributed by atoms with van der Waals surface area (Å²) in [5.41, 5.74) is 10.9. The summed E-state index contributed by atoms with van der Waals surface area (Å²) in [6, 6.07) is 17.8. The second kappa shape index (κ2) is 9.68. The summed E-state index contributed by atoms with van der Waals surface area (Å²) in [4.78, 5) is 26.2. The van der Waals surface area contributed by atoms with Crippen molar-refractivity contribution < 1.29 is 4.79 Å². The van der Waals surface area contributed by atoms with Gasteiger partial charge in [0.05, 0.1) is 23.4 Å². The molecule has 0 unspecified atom stereocenters. The number of carbonyl (C=O) groups excluding carboxylic acids is 1. The molecule has 5 rings (SSSR count). The minimum Gasteiger partial charge on any atom is -0.383 e. The number of piperazine rings is 1. The van der Waals surface area contributed by atoms with Gasteiger partial charge >= 0.3 is 0 Å². The minimum absolute atomic E-state index is 0.0158. The Bertz CT molecular complexity index is 1390. The molecular formula is C27H29N7O. The first-order valence-corrected chi connectivity index (χ1v) is 11.8. The van der Waals surface area contributed by atoms with Crippen LogP contribution in [-0.2, 0) is 11.3 Å². The van der Waals surface area contributed by atoms with Crippen molar-refractivity contribution in [3.8, 4) is 5.69 Å². The Morgan fingerprint density at radius 3 is 2.46 bits per heavy atom. The predicted octanol–water partition coefficient (Wildman–Crippen LogP) is 3.37. The number of aryl methyl sites for hydroxylation is 1. The molecule has 0 aliphatic carbocycles. The van der Waals surface area contributed by atoms with Gasteiger partial charge in [0.15, 0.2) is 0 Å². The van der Waals surface area contributed by atoms with E-state index in [1.165, 1.54) is 0 Å². The average Bonchev–Trinajstić information content (AvgIpc) is 3.16. The maximum atomic E-state index is 12.9. The zero-order valence-corrected chi connectivity index (χ0v) is 20.1. The monoisotopic (exact) mass is 467 g/mol. The number of benzene rings is 2. The summed E-state index contributed by atoms with van der Waals surface area (Å²) in [6.07, 6.45) is 3.55. The third-order valence-electron chi connectivity index (χ3n) is 6.47. The van der Waals surface area contributed by atoms with Crippen molar-refractivity contribution in [2.24, 2.45) is 0 Å². The highest BCUT2D eigenvalue weighted by atomic mass is 16.2. The number of nitrogens with zero attached hydrogens (tertiary/aromatic N) is 6. The number of hydrogen-bond acceptors (Lipinski definition) is 6. The first-order valence-electron chi connectivity index (χ1n) is 11.8. The largest absolute Gasteiger partial charge is 0.383 e. The fraction of sp³-hybridized carbons (Fsp3) is 0.259. The van der Waals surface area contributed by atoms with E-state index in [-0.39, 0.29) is 5.91 Å². The second-order valence-corrected chi connectivity index (χ2v) is 8.81. The quantitative estimate of drug-likeness (QED) is 0.453. The van der Waals surface area contributed by atoms with Gasteiger partial charge in [-0.05, 0) is 44.2 Å². The summed E-state index contributed by atoms with van der Waals surface area (Å²) in [6.45, 7) is 7.46. The number of anilines is 1. The summed E-state index contributed by atoms with van der Waals surface area (Å²) >= 11 is 0. The molecule has 8 nitrogen and oxygen atoms in total. The highest BCUT2D eigenvalue weighted by Gasteiger charge is 2.21. The maximum absolute atomic E-state index is 12.9. The van der Waals surface area contributed by atoms with Crippen LogP contribution in [0.5, 0.6) is 0 Å². The number of carbonyl (C=O) groups is 1. The lowest BCUT2D eigenvalue weighted by Gasteiger charge is -2.33. The second-order valence-electron chi connectivity index (χ2n) is 8.81. The fourth-order valence-electron chi connectivity index (χ4n) is 4.52. The Labute approximate surface area is 204 Å². The topological polar surface area (TPSA) is 93.2 Å². The number of hydrogen-bond donors (Lipinski definition) is 1. The molecular weight excluding hydrogens is 438 g/mol. The number of nitrogens with two attached hydrogens (primary N) is 1. The van der Waals surface area contributed by atoms with Crippen LogP contribution in [0.1, 0.15) is 22.8 Å². The smallest absolute Gasteiger partial charge is 0.246 e. The van der Waals surface area contributed by atoms with E-state index in [4.69, 9.17) is 5.73 Å². The first kappa shape index (κ1) is 22.7. The molecule has 0 spiro atoms. The van der Waals surface area contributed by atoms with E-state index in [0.29, 0.717) is 31.3 Å². The van der Waals surface area contributed by atoms with E-state index < -0.39 is 0 Å². The average molecular weight is 468 g/mol. The molecule has 8 heteroatoms. The molecule has 1 saturated heterocycles. The van der Waals surface area contributed by atoms with Crippen LogP contribution < -0.4 is 5.73 Å². The summed E-state index contributed by atoms with van der Waals surface area (Å²) in [5.74, 6) is 1.23. The lowest BCUT2D eigenvalue weighted by Crippen LogP contribution is -2.48. The van der Waals surface area contributed by atoms with Gasteiger partial charge in [0.2, 0.25) is 5.91 Å². The lowest BCUT2D eigenvalue weighted by molar-refractivity contribution is -0.127. The van der Waals surface area contributed by atoms with Crippen LogP contribution in [0.3, 0.4) is 0 Å². The van der Waals surface area contributed by atoms with Crippen molar-refractivity contribution in [2.45, 2.75) is 20.4 Å². The fourth-order valence-corrected chi connectivity index (χ4v) is 4.52. The SMILES string of the molecule is Cc1nn(-c2ccccc2)c(C)c1/C=C/C(=O)N1CCN(Cc2nc(N)c3ccccc3n2)CC1. The van der Waals surface area contributed by atoms with Gasteiger partial charge in [-0.3, -0.25) is 9.69 Å². The molecule has 0 bridgehead atoms. The molecule has 1 aliphatic heterocycles. The van der Waals surface area contributed by atoms with E-state index in [1.807, 2.05) is 84.1 Å². The van der Waals surface area contributed by atoms with Crippen molar-refractivity contribution in [1.29, 1.82) is 0 Å². The van der Waals surface area contributed by atoms with Gasteiger partial charge in [-0.15, -0.1) is 0 Å². The van der Waals surface area contributed by atoms with Crippen molar-refractivity contribution in [2.75, 3.05) is 31.9 Å². The molecule has 2 aromatic carbocycles. The molecule has 0 saturated carbocycles. The number of para-hydroxylation sites is 2. The molecule has 1 aliphatic rings. The molecule has 1 fully saturated rings. The van der Waals surface area contributed by atoms with Crippen LogP contribution in [0.2, 0.25) is 0 Å². The minimum atomic E-state index is 0.0158. The van der Waals surface area contributed by atoms with Crippen molar-refractivity contribution in [3.63, 3.8) is 0 Å². The Hall–Kier alpha value is -4.04. The summed E-state index contributed by atoms with van der Waals surface area (Å²) in [5, 5.41) is 5.53. The molecule has 35 heavy (non-hydrogen) atoms. The third kappa shape index (κ3) is 4.79. The van der Waals surface area contributed by atoms with Crippen LogP contribution in [0, 0.1) is 13.8 Å². The van der Waals surface area contributed by atoms with Crippen LogP contribution >= 0.6 is 0 Å². The van der Waals surface area contributed by atoms with Crippen LogP contribution in [0.15, 0.2) is 60.7 Å². The van der Waals surface area contributed by atoms with E-state index in [9.17, 15) is 4.79 Å². The van der Waals surface area contributed by atoms with Gasteiger partial charge in [-0.25, -0.2) is 14.6 Å². The van der Waals surface area contributed by atoms with Crippen LogP contribution in [-0.4, -0.2) is 61.6 Å². The Balaban J connectivity index is 1.20. The molecule has 1 amide bonds. The van der Waals surface area contributed by atoms with E-state index >= 15 is 0 Å². The standard InChI is InChI=1S/C27H29N7O/c1-19-22(20(2)34(31-19)21-8-4-3-5-9-21)12-13-26(35)33-16-14-32(15-17-33)18-25-29-24-11-7-6-10-23(24)27(28)30-25/h3-13H,14-18H2,1-2H3,(H2,28,29,30)/b13-12+. The van der Waals surface area contributed by atoms with Crippen molar-refractivity contribution in [3.05, 3.63) is 83.4 Å². The highest BCUT2D eigenvalue weighted by molar-refractivity contribution is 5.92. The number of aromatic nitrogens is 4. The zero-order chi connectivity index (χ0) is 24.4. The van der Waals surface area contributed by atoms with Crippen LogP contribution in [0.25, 0.3) is 22.7 Å². The Kier molecular flexibility index (Phi) is 6.29. The van der Waals surface area contributed by atoms with Gasteiger partial charge in [0.25, 0.3) is 0 Å². The number of amides is 1. The van der Waals surface area contributed by atoms with E-state index in [2.05, 4.69) is 20.0 Å². The molecule has 2 aromatic heterocycles. The first-order chi connectivity index (χ1) is 17.0. The van der Waals surface area contributed by atoms with Gasteiger partial charge < -0.3 is 10.6 Å². The molecule has 2 N–H and O–H groups in total. The molecule has 3 heterocycles. The highest BCUT2D eigenvalue weighted by Crippen LogP contribution is 2.20. The predicted molar refractivity (Wildman–Crippen MR) is 138 cm³/mol. The Morgan fingerprint density at radius 1 is 0.971 bits per heavy atom. The van der Waals surface area contributed by atoms with Gasteiger partial charge in [-0.2, -0.15) is 5.10 Å². The number of fused-ring (bicyclic) bond motifs is 1. The summed E-state index contributed by atoms with van der Waals surface area (Å²) in [7, 11) is 0. The van der Waals surface area contributed by atoms with E-state index in [1.54, 1.807) is 6.08 Å². The maximum Gasteiger partial charge on any atom is 0.246 e. The van der Waals surface area contributed by atoms with Gasteiger partial charge in [0.1, 0.15) is 11.6 Å². The molecule has 0 atom stereocenters. The third-order valence-corrected chi connectivity index (χ3v) is 6.47. The lowest BCUT2D eigenvalue weighted by atomic mass is 10.1. The van der Waals surface area contributed by atoms with Crippen molar-refractivity contribution in [1.82, 2.24) is 29.5 Å². The molecule has 0 radical (unpaired) electrons. The molecule has 178 valence electrons. The summed E-state index contributed by atoms with van der Waals surface area (Å²) < 4.78 is 1.92. The molecule has 4 aromatic rings. The Morgan fingerprint density at radius 2 is 1.69 bits per heavy atom. The van der Waals surface area contributed by atoms with Gasteiger partial charge in [-0.1, -0.05) is 30.3 Å². The number of rotatable bonds is 5. The number of nitrogen functional groups attached to an aromatic ring is 1. The van der Waals surface area contributed by atoms with E-state index in [0.717, 1.165) is 46.6 Å².